The molecule has 1 heterocycles. The van der Waals surface area contributed by atoms with Gasteiger partial charge in [0.25, 0.3) is 0 Å². The van der Waals surface area contributed by atoms with Crippen LogP contribution in [0.3, 0.4) is 0 Å². The Labute approximate surface area is 170 Å². The van der Waals surface area contributed by atoms with Crippen molar-refractivity contribution in [2.75, 3.05) is 33.3 Å². The maximum absolute atomic E-state index is 12.3. The molecule has 0 aliphatic carbocycles. The van der Waals surface area contributed by atoms with Gasteiger partial charge in [0.15, 0.2) is 0 Å². The number of rotatable bonds is 6. The number of hydrogen-bond acceptors (Lipinski definition) is 5. The van der Waals surface area contributed by atoms with Gasteiger partial charge in [0, 0.05) is 31.9 Å². The summed E-state index contributed by atoms with van der Waals surface area (Å²) < 4.78 is 10.5. The summed E-state index contributed by atoms with van der Waals surface area (Å²) in [6.07, 6.45) is 4.90. The maximum Gasteiger partial charge on any atom is 0.410 e. The summed E-state index contributed by atoms with van der Waals surface area (Å²) in [5, 5.41) is 0. The molecule has 6 nitrogen and oxygen atoms in total. The van der Waals surface area contributed by atoms with Gasteiger partial charge in [-0.05, 0) is 46.1 Å². The molecule has 0 bridgehead atoms. The summed E-state index contributed by atoms with van der Waals surface area (Å²) in [6, 6.07) is 0. The van der Waals surface area contributed by atoms with E-state index in [-0.39, 0.29) is 23.9 Å². The number of esters is 1. The van der Waals surface area contributed by atoms with Gasteiger partial charge in [0.1, 0.15) is 5.60 Å². The zero-order valence-electron chi connectivity index (χ0n) is 18.9. The van der Waals surface area contributed by atoms with Crippen LogP contribution in [0.1, 0.15) is 54.9 Å². The van der Waals surface area contributed by atoms with E-state index < -0.39 is 5.60 Å². The highest BCUT2D eigenvalue weighted by molar-refractivity contribution is 5.76. The normalized spacial score (nSPS) is 17.6. The van der Waals surface area contributed by atoms with Crippen LogP contribution in [0.4, 0.5) is 4.79 Å². The molecule has 0 N–H and O–H groups in total. The van der Waals surface area contributed by atoms with Crippen molar-refractivity contribution in [2.24, 2.45) is 11.8 Å². The monoisotopic (exact) mass is 394 g/mol. The summed E-state index contributed by atoms with van der Waals surface area (Å²) >= 11 is 0. The number of ether oxygens (including phenoxy) is 2. The van der Waals surface area contributed by atoms with Gasteiger partial charge in [0.2, 0.25) is 0 Å². The molecule has 1 rings (SSSR count). The first-order valence-electron chi connectivity index (χ1n) is 10.2. The number of nitrogens with zero attached hydrogens (tertiary/aromatic N) is 2. The fraction of sp³-hybridized carbons (Fsp3) is 0.727. The van der Waals surface area contributed by atoms with Crippen LogP contribution in [0.2, 0.25) is 0 Å². The quantitative estimate of drug-likeness (QED) is 0.498. The second-order valence-electron chi connectivity index (χ2n) is 8.62. The minimum Gasteiger partial charge on any atom is -0.469 e. The van der Waals surface area contributed by atoms with Gasteiger partial charge in [-0.15, -0.1) is 0 Å². The maximum atomic E-state index is 12.3. The Balaban J connectivity index is 2.87. The number of carbonyl (C=O) groups excluding carboxylic acids is 2. The van der Waals surface area contributed by atoms with E-state index in [4.69, 9.17) is 9.47 Å². The van der Waals surface area contributed by atoms with Crippen molar-refractivity contribution in [3.63, 3.8) is 0 Å². The minimum atomic E-state index is -0.485. The van der Waals surface area contributed by atoms with E-state index >= 15 is 0 Å². The third kappa shape index (κ3) is 7.21. The van der Waals surface area contributed by atoms with Crippen molar-refractivity contribution in [2.45, 2.75) is 60.5 Å². The summed E-state index contributed by atoms with van der Waals surface area (Å²) in [6.45, 7) is 16.5. The van der Waals surface area contributed by atoms with Crippen LogP contribution in [0.15, 0.2) is 23.4 Å². The Hall–Kier alpha value is -1.98. The van der Waals surface area contributed by atoms with Crippen molar-refractivity contribution in [3.05, 3.63) is 23.4 Å². The molecule has 160 valence electrons. The number of carbonyl (C=O) groups is 2. The van der Waals surface area contributed by atoms with Gasteiger partial charge >= 0.3 is 12.1 Å². The summed E-state index contributed by atoms with van der Waals surface area (Å²) in [5.41, 5.74) is 1.61. The second kappa shape index (κ2) is 10.5. The lowest BCUT2D eigenvalue weighted by atomic mass is 9.88. The molecule has 1 aliphatic heterocycles. The van der Waals surface area contributed by atoms with Crippen LogP contribution >= 0.6 is 0 Å². The zero-order valence-corrected chi connectivity index (χ0v) is 18.9. The molecule has 0 aromatic heterocycles. The number of methoxy groups -OCH3 is 1. The topological polar surface area (TPSA) is 59.1 Å². The SMILES string of the molecule is CC/C=C(/C=C(\C)C(C(=O)OC)C(C)C)N1CCN(C(=O)OC(C)(C)C)CC1. The first-order valence-corrected chi connectivity index (χ1v) is 10.2. The molecule has 6 heteroatoms. The average Bonchev–Trinajstić information content (AvgIpc) is 2.59. The molecule has 0 spiro atoms. The fourth-order valence-corrected chi connectivity index (χ4v) is 3.40. The van der Waals surface area contributed by atoms with Crippen LogP contribution < -0.4 is 0 Å². The molecule has 1 unspecified atom stereocenters. The van der Waals surface area contributed by atoms with Crippen LogP contribution in [-0.4, -0.2) is 60.8 Å². The summed E-state index contributed by atoms with van der Waals surface area (Å²) in [7, 11) is 1.43. The highest BCUT2D eigenvalue weighted by atomic mass is 16.6. The molecular formula is C22H38N2O4. The molecule has 1 fully saturated rings. The van der Waals surface area contributed by atoms with E-state index in [1.54, 1.807) is 4.90 Å². The first-order chi connectivity index (χ1) is 13.0. The van der Waals surface area contributed by atoms with E-state index in [1.165, 1.54) is 7.11 Å². The molecule has 1 aliphatic rings. The zero-order chi connectivity index (χ0) is 21.5. The molecule has 1 atom stereocenters. The van der Waals surface area contributed by atoms with Gasteiger partial charge in [-0.25, -0.2) is 4.79 Å². The fourth-order valence-electron chi connectivity index (χ4n) is 3.40. The Kier molecular flexibility index (Phi) is 9.05. The van der Waals surface area contributed by atoms with E-state index in [1.807, 2.05) is 41.5 Å². The molecule has 1 amide bonds. The van der Waals surface area contributed by atoms with Crippen molar-refractivity contribution >= 4 is 12.1 Å². The van der Waals surface area contributed by atoms with Gasteiger partial charge in [0.05, 0.1) is 13.0 Å². The van der Waals surface area contributed by atoms with Gasteiger partial charge in [-0.3, -0.25) is 4.79 Å². The molecule has 0 saturated carbocycles. The third-order valence-electron chi connectivity index (χ3n) is 4.70. The lowest BCUT2D eigenvalue weighted by Crippen LogP contribution is -2.49. The Bertz CT molecular complexity index is 594. The summed E-state index contributed by atoms with van der Waals surface area (Å²) in [5.74, 6) is -0.293. The first kappa shape index (κ1) is 24.1. The molecule has 28 heavy (non-hydrogen) atoms. The largest absolute Gasteiger partial charge is 0.469 e. The average molecular weight is 395 g/mol. The third-order valence-corrected chi connectivity index (χ3v) is 4.70. The van der Waals surface area contributed by atoms with E-state index in [0.717, 1.165) is 30.8 Å². The molecule has 1 saturated heterocycles. The lowest BCUT2D eigenvalue weighted by molar-refractivity contribution is -0.145. The molecular weight excluding hydrogens is 356 g/mol. The highest BCUT2D eigenvalue weighted by Gasteiger charge is 2.28. The van der Waals surface area contributed by atoms with Crippen LogP contribution in [0.5, 0.6) is 0 Å². The van der Waals surface area contributed by atoms with Crippen molar-refractivity contribution < 1.29 is 19.1 Å². The van der Waals surface area contributed by atoms with Crippen LogP contribution in [0.25, 0.3) is 0 Å². The van der Waals surface area contributed by atoms with Crippen LogP contribution in [0, 0.1) is 11.8 Å². The number of hydrogen-bond donors (Lipinski definition) is 0. The van der Waals surface area contributed by atoms with Crippen molar-refractivity contribution in [1.82, 2.24) is 9.80 Å². The molecule has 0 aromatic carbocycles. The van der Waals surface area contributed by atoms with Gasteiger partial charge < -0.3 is 19.3 Å². The number of amides is 1. The van der Waals surface area contributed by atoms with E-state index in [2.05, 4.69) is 24.0 Å². The van der Waals surface area contributed by atoms with E-state index in [0.29, 0.717) is 13.1 Å². The molecule has 0 radical (unpaired) electrons. The Morgan fingerprint density at radius 2 is 1.61 bits per heavy atom. The predicted molar refractivity (Wildman–Crippen MR) is 112 cm³/mol. The predicted octanol–water partition coefficient (Wildman–Crippen LogP) is 4.22. The smallest absolute Gasteiger partial charge is 0.410 e. The van der Waals surface area contributed by atoms with Crippen molar-refractivity contribution in [3.8, 4) is 0 Å². The highest BCUT2D eigenvalue weighted by Crippen LogP contribution is 2.25. The van der Waals surface area contributed by atoms with Crippen molar-refractivity contribution in [1.29, 1.82) is 0 Å². The van der Waals surface area contributed by atoms with Gasteiger partial charge in [-0.2, -0.15) is 0 Å². The minimum absolute atomic E-state index is 0.163. The van der Waals surface area contributed by atoms with Gasteiger partial charge in [-0.1, -0.05) is 32.4 Å². The standard InChI is InChI=1S/C22H38N2O4/c1-9-10-18(15-17(4)19(16(2)3)20(25)27-8)23-11-13-24(14-12-23)21(26)28-22(5,6)7/h10,15-16,19H,9,11-14H2,1-8H3/b17-15+,18-10-. The Morgan fingerprint density at radius 1 is 1.07 bits per heavy atom. The molecule has 0 aromatic rings. The number of allylic oxidation sites excluding steroid dienone is 2. The summed E-state index contributed by atoms with van der Waals surface area (Å²) in [4.78, 5) is 28.5. The van der Waals surface area contributed by atoms with E-state index in [9.17, 15) is 9.59 Å². The lowest BCUT2D eigenvalue weighted by Gasteiger charge is -2.37. The number of piperazine rings is 1. The Morgan fingerprint density at radius 3 is 2.04 bits per heavy atom. The van der Waals surface area contributed by atoms with Crippen LogP contribution in [-0.2, 0) is 14.3 Å². The second-order valence-corrected chi connectivity index (χ2v) is 8.62.